The molecule has 0 radical (unpaired) electrons. The van der Waals surface area contributed by atoms with Gasteiger partial charge in [-0.05, 0) is 24.6 Å². The van der Waals surface area contributed by atoms with Crippen molar-refractivity contribution in [1.29, 1.82) is 0 Å². The zero-order valence-corrected chi connectivity index (χ0v) is 12.3. The van der Waals surface area contributed by atoms with Gasteiger partial charge in [0, 0.05) is 26.2 Å². The van der Waals surface area contributed by atoms with Crippen molar-refractivity contribution < 1.29 is 19.1 Å². The van der Waals surface area contributed by atoms with Crippen LogP contribution in [0.15, 0.2) is 18.2 Å². The van der Waals surface area contributed by atoms with Crippen molar-refractivity contribution in [3.63, 3.8) is 0 Å². The summed E-state index contributed by atoms with van der Waals surface area (Å²) in [7, 11) is 0. The van der Waals surface area contributed by atoms with E-state index >= 15 is 0 Å². The molecule has 1 N–H and O–H groups in total. The lowest BCUT2D eigenvalue weighted by atomic mass is 10.1. The minimum atomic E-state index is -1.01. The minimum absolute atomic E-state index is 0.0243. The number of hydrogen-bond donors (Lipinski definition) is 1. The van der Waals surface area contributed by atoms with Crippen LogP contribution >= 0.6 is 11.6 Å². The Morgan fingerprint density at radius 3 is 2.33 bits per heavy atom. The molecule has 0 saturated carbocycles. The minimum Gasteiger partial charge on any atom is -0.465 e. The molecule has 7 heteroatoms. The number of piperazine rings is 1. The molecule has 1 fully saturated rings. The molecule has 2 amide bonds. The number of rotatable bonds is 2. The van der Waals surface area contributed by atoms with Gasteiger partial charge < -0.3 is 14.9 Å². The first-order chi connectivity index (χ1) is 9.90. The van der Waals surface area contributed by atoms with Gasteiger partial charge in [0.1, 0.15) is 5.82 Å². The maximum absolute atomic E-state index is 13.8. The Morgan fingerprint density at radius 1 is 1.24 bits per heavy atom. The molecule has 1 aliphatic rings. The maximum atomic E-state index is 13.8. The smallest absolute Gasteiger partial charge is 0.407 e. The summed E-state index contributed by atoms with van der Waals surface area (Å²) in [6.45, 7) is 2.72. The van der Waals surface area contributed by atoms with Crippen LogP contribution in [0, 0.1) is 5.82 Å². The second kappa shape index (κ2) is 6.30. The number of hydrogen-bond acceptors (Lipinski definition) is 2. The van der Waals surface area contributed by atoms with Crippen molar-refractivity contribution in [2.45, 2.75) is 12.3 Å². The molecule has 1 aromatic rings. The number of halogens is 2. The molecule has 1 aliphatic heterocycles. The quantitative estimate of drug-likeness (QED) is 0.853. The van der Waals surface area contributed by atoms with Crippen LogP contribution in [-0.2, 0) is 0 Å². The van der Waals surface area contributed by atoms with Crippen LogP contribution < -0.4 is 0 Å². The summed E-state index contributed by atoms with van der Waals surface area (Å²) >= 11 is 5.95. The van der Waals surface area contributed by atoms with Gasteiger partial charge >= 0.3 is 6.09 Å². The number of nitrogens with zero attached hydrogens (tertiary/aromatic N) is 2. The molecule has 0 aliphatic carbocycles. The van der Waals surface area contributed by atoms with Gasteiger partial charge in [-0.3, -0.25) is 4.79 Å². The number of carbonyl (C=O) groups is 2. The van der Waals surface area contributed by atoms with E-state index in [0.29, 0.717) is 5.56 Å². The molecule has 0 aromatic heterocycles. The van der Waals surface area contributed by atoms with E-state index in [4.69, 9.17) is 16.7 Å². The fraction of sp³-hybridized carbons (Fsp3) is 0.429. The van der Waals surface area contributed by atoms with E-state index in [-0.39, 0.29) is 37.1 Å². The van der Waals surface area contributed by atoms with Crippen LogP contribution in [0.5, 0.6) is 0 Å². The second-order valence-electron chi connectivity index (χ2n) is 4.92. The molecular weight excluding hydrogens is 299 g/mol. The summed E-state index contributed by atoms with van der Waals surface area (Å²) in [5.74, 6) is -1.03. The van der Waals surface area contributed by atoms with Crippen LogP contribution in [0.25, 0.3) is 0 Å². The van der Waals surface area contributed by atoms with E-state index in [1.165, 1.54) is 21.9 Å². The molecule has 0 spiro atoms. The number of benzene rings is 1. The first-order valence-electron chi connectivity index (χ1n) is 6.61. The van der Waals surface area contributed by atoms with Crippen LogP contribution in [0.1, 0.15) is 28.2 Å². The van der Waals surface area contributed by atoms with Gasteiger partial charge in [-0.1, -0.05) is 6.07 Å². The van der Waals surface area contributed by atoms with Gasteiger partial charge in [0.15, 0.2) is 0 Å². The second-order valence-corrected chi connectivity index (χ2v) is 5.57. The average Bonchev–Trinajstić information content (AvgIpc) is 2.47. The Labute approximate surface area is 126 Å². The fourth-order valence-corrected chi connectivity index (χ4v) is 2.36. The molecule has 1 saturated heterocycles. The van der Waals surface area contributed by atoms with E-state index in [2.05, 4.69) is 0 Å². The van der Waals surface area contributed by atoms with Crippen molar-refractivity contribution in [2.75, 3.05) is 26.2 Å². The van der Waals surface area contributed by atoms with E-state index in [0.717, 1.165) is 0 Å². The van der Waals surface area contributed by atoms with Crippen molar-refractivity contribution in [1.82, 2.24) is 9.80 Å². The zero-order chi connectivity index (χ0) is 15.6. The molecule has 21 heavy (non-hydrogen) atoms. The van der Waals surface area contributed by atoms with Crippen molar-refractivity contribution >= 4 is 23.6 Å². The van der Waals surface area contributed by atoms with Crippen LogP contribution in [0.2, 0.25) is 0 Å². The molecule has 1 atom stereocenters. The highest BCUT2D eigenvalue weighted by Gasteiger charge is 2.26. The SMILES string of the molecule is CC(Cl)c1ccc(F)c(C(=O)N2CCN(C(=O)O)CC2)c1. The number of alkyl halides is 1. The van der Waals surface area contributed by atoms with Crippen LogP contribution in [0.3, 0.4) is 0 Å². The van der Waals surface area contributed by atoms with Gasteiger partial charge in [-0.2, -0.15) is 0 Å². The topological polar surface area (TPSA) is 60.9 Å². The summed E-state index contributed by atoms with van der Waals surface area (Å²) in [5, 5.41) is 8.55. The van der Waals surface area contributed by atoms with Gasteiger partial charge in [0.25, 0.3) is 5.91 Å². The largest absolute Gasteiger partial charge is 0.465 e. The Hall–Kier alpha value is -1.82. The third-order valence-corrected chi connectivity index (χ3v) is 3.77. The molecular formula is C14H16ClFN2O3. The summed E-state index contributed by atoms with van der Waals surface area (Å²) in [6, 6.07) is 4.24. The lowest BCUT2D eigenvalue weighted by Crippen LogP contribution is -2.50. The van der Waals surface area contributed by atoms with Gasteiger partial charge in [0.05, 0.1) is 10.9 Å². The van der Waals surface area contributed by atoms with Crippen molar-refractivity contribution in [3.8, 4) is 0 Å². The predicted octanol–water partition coefficient (Wildman–Crippen LogP) is 2.56. The van der Waals surface area contributed by atoms with Crippen molar-refractivity contribution in [3.05, 3.63) is 35.1 Å². The number of amides is 2. The van der Waals surface area contributed by atoms with Crippen molar-refractivity contribution in [2.24, 2.45) is 0 Å². The average molecular weight is 315 g/mol. The highest BCUT2D eigenvalue weighted by atomic mass is 35.5. The van der Waals surface area contributed by atoms with Gasteiger partial charge in [-0.25, -0.2) is 9.18 Å². The maximum Gasteiger partial charge on any atom is 0.407 e. The molecule has 1 unspecified atom stereocenters. The number of carbonyl (C=O) groups excluding carboxylic acids is 1. The third kappa shape index (κ3) is 3.44. The standard InChI is InChI=1S/C14H16ClFN2O3/c1-9(15)10-2-3-12(16)11(8-10)13(19)17-4-6-18(7-5-17)14(20)21/h2-3,8-9H,4-7H2,1H3,(H,20,21). The molecule has 5 nitrogen and oxygen atoms in total. The first kappa shape index (κ1) is 15.6. The lowest BCUT2D eigenvalue weighted by molar-refractivity contribution is 0.0620. The Bertz CT molecular complexity index is 557. The van der Waals surface area contributed by atoms with E-state index in [1.807, 2.05) is 0 Å². The van der Waals surface area contributed by atoms with Gasteiger partial charge in [0.2, 0.25) is 0 Å². The highest BCUT2D eigenvalue weighted by molar-refractivity contribution is 6.20. The molecule has 1 aromatic carbocycles. The van der Waals surface area contributed by atoms with Crippen LogP contribution in [0.4, 0.5) is 9.18 Å². The van der Waals surface area contributed by atoms with E-state index < -0.39 is 17.8 Å². The zero-order valence-electron chi connectivity index (χ0n) is 11.6. The van der Waals surface area contributed by atoms with E-state index in [1.54, 1.807) is 13.0 Å². The van der Waals surface area contributed by atoms with E-state index in [9.17, 15) is 14.0 Å². The molecule has 1 heterocycles. The first-order valence-corrected chi connectivity index (χ1v) is 7.04. The molecule has 114 valence electrons. The molecule has 0 bridgehead atoms. The normalized spacial score (nSPS) is 16.7. The highest BCUT2D eigenvalue weighted by Crippen LogP contribution is 2.23. The molecule has 2 rings (SSSR count). The third-order valence-electron chi connectivity index (χ3n) is 3.52. The lowest BCUT2D eigenvalue weighted by Gasteiger charge is -2.33. The fourth-order valence-electron chi connectivity index (χ4n) is 2.23. The Kier molecular flexibility index (Phi) is 4.67. The predicted molar refractivity (Wildman–Crippen MR) is 76.2 cm³/mol. The van der Waals surface area contributed by atoms with Crippen LogP contribution in [-0.4, -0.2) is 53.1 Å². The Morgan fingerprint density at radius 2 is 1.81 bits per heavy atom. The summed E-state index contributed by atoms with van der Waals surface area (Å²) < 4.78 is 13.8. The van der Waals surface area contributed by atoms with Gasteiger partial charge in [-0.15, -0.1) is 11.6 Å². The summed E-state index contributed by atoms with van der Waals surface area (Å²) in [4.78, 5) is 25.9. The summed E-state index contributed by atoms with van der Waals surface area (Å²) in [5.41, 5.74) is 0.648. The summed E-state index contributed by atoms with van der Waals surface area (Å²) in [6.07, 6.45) is -1.01. The Balaban J connectivity index is 2.14. The monoisotopic (exact) mass is 314 g/mol. The number of carboxylic acid groups (broad SMARTS) is 1.